The second-order valence-corrected chi connectivity index (χ2v) is 21.6. The van der Waals surface area contributed by atoms with E-state index in [2.05, 4.69) is 87.2 Å². The second kappa shape index (κ2) is 15.3. The lowest BCUT2D eigenvalue weighted by atomic mass is 9.33. The van der Waals surface area contributed by atoms with Crippen molar-refractivity contribution < 1.29 is 29.3 Å². The van der Waals surface area contributed by atoms with Crippen molar-refractivity contribution in [3.05, 3.63) is 65.8 Å². The fourth-order valence-electron chi connectivity index (χ4n) is 14.1. The number of allylic oxidation sites excluding steroid dienone is 1. The Morgan fingerprint density at radius 3 is 2.34 bits per heavy atom. The van der Waals surface area contributed by atoms with Crippen LogP contribution in [0.5, 0.6) is 0 Å². The first-order chi connectivity index (χ1) is 27.2. The standard InChI is InChI=1S/C49H71N3O6/c1-32(2)41-35(53)27-49(38(54)30-52(26-25-51-24-23-50-31-51)29-33-13-11-10-12-14-33)22-21-47(8)34(42(41)49)15-16-37-46(7)19-18-39(58-40(55)28-44(3,4)43(56)57)45(5,6)36(46)17-20-48(37,47)9/h10-14,23-24,31-32,34,36-39,54H,15-22,25-30H2,1-9H3,(H,56,57). The Kier molecular flexibility index (Phi) is 11.3. The fourth-order valence-corrected chi connectivity index (χ4v) is 14.1. The number of carbonyl (C=O) groups excluding carboxylic acids is 2. The maximum absolute atomic E-state index is 14.4. The van der Waals surface area contributed by atoms with Crippen LogP contribution in [0.15, 0.2) is 60.2 Å². The number of benzene rings is 1. The van der Waals surface area contributed by atoms with Crippen molar-refractivity contribution >= 4 is 17.7 Å². The van der Waals surface area contributed by atoms with Crippen LogP contribution in [0.4, 0.5) is 0 Å². The van der Waals surface area contributed by atoms with Gasteiger partial charge in [-0.15, -0.1) is 0 Å². The number of aliphatic carboxylic acids is 1. The highest BCUT2D eigenvalue weighted by molar-refractivity contribution is 6.00. The van der Waals surface area contributed by atoms with E-state index >= 15 is 0 Å². The highest BCUT2D eigenvalue weighted by Crippen LogP contribution is 2.77. The van der Waals surface area contributed by atoms with Crippen molar-refractivity contribution in [1.82, 2.24) is 14.5 Å². The van der Waals surface area contributed by atoms with Gasteiger partial charge in [0.25, 0.3) is 0 Å². The molecule has 0 amide bonds. The number of carboxylic acid groups (broad SMARTS) is 1. The van der Waals surface area contributed by atoms with Gasteiger partial charge in [-0.2, -0.15) is 0 Å². The molecule has 4 fully saturated rings. The molecule has 2 aromatic rings. The molecule has 9 heteroatoms. The van der Waals surface area contributed by atoms with E-state index in [1.165, 1.54) is 11.1 Å². The number of aromatic nitrogens is 2. The highest BCUT2D eigenvalue weighted by Gasteiger charge is 2.71. The smallest absolute Gasteiger partial charge is 0.309 e. The van der Waals surface area contributed by atoms with Gasteiger partial charge < -0.3 is 19.5 Å². The van der Waals surface area contributed by atoms with Crippen LogP contribution < -0.4 is 0 Å². The molecule has 7 rings (SSSR count). The Bertz CT molecular complexity index is 1890. The lowest BCUT2D eigenvalue weighted by molar-refractivity contribution is -0.235. The molecule has 0 radical (unpaired) electrons. The lowest BCUT2D eigenvalue weighted by Gasteiger charge is -2.72. The van der Waals surface area contributed by atoms with E-state index in [4.69, 9.17) is 4.74 Å². The summed E-state index contributed by atoms with van der Waals surface area (Å²) in [5, 5.41) is 22.4. The van der Waals surface area contributed by atoms with Gasteiger partial charge in [0.05, 0.1) is 24.3 Å². The number of rotatable bonds is 13. The number of imidazole rings is 1. The number of aliphatic hydroxyl groups excluding tert-OH is 1. The number of hydrogen-bond donors (Lipinski definition) is 2. The number of fused-ring (bicyclic) bond motifs is 7. The summed E-state index contributed by atoms with van der Waals surface area (Å²) in [5.74, 6) is -0.00283. The summed E-state index contributed by atoms with van der Waals surface area (Å²) >= 11 is 0. The number of hydrogen-bond acceptors (Lipinski definition) is 7. The van der Waals surface area contributed by atoms with E-state index in [0.29, 0.717) is 24.8 Å². The quantitative estimate of drug-likeness (QED) is 0.193. The summed E-state index contributed by atoms with van der Waals surface area (Å²) in [4.78, 5) is 46.0. The molecule has 318 valence electrons. The van der Waals surface area contributed by atoms with Crippen LogP contribution in [0.25, 0.3) is 0 Å². The van der Waals surface area contributed by atoms with E-state index in [0.717, 1.165) is 76.6 Å². The minimum Gasteiger partial charge on any atom is -0.481 e. The minimum atomic E-state index is -1.17. The van der Waals surface area contributed by atoms with Crippen LogP contribution in [0.1, 0.15) is 132 Å². The molecule has 0 saturated heterocycles. The molecule has 9 nitrogen and oxygen atoms in total. The van der Waals surface area contributed by atoms with Gasteiger partial charge in [-0.1, -0.05) is 84.4 Å². The number of esters is 1. The van der Waals surface area contributed by atoms with Crippen molar-refractivity contribution in [1.29, 1.82) is 0 Å². The monoisotopic (exact) mass is 798 g/mol. The third-order valence-corrected chi connectivity index (χ3v) is 17.4. The molecule has 0 aliphatic heterocycles. The molecule has 9 atom stereocenters. The van der Waals surface area contributed by atoms with Crippen molar-refractivity contribution in [2.75, 3.05) is 13.1 Å². The Balaban J connectivity index is 1.16. The Morgan fingerprint density at radius 1 is 0.966 bits per heavy atom. The number of carbonyl (C=O) groups is 3. The predicted octanol–water partition coefficient (Wildman–Crippen LogP) is 9.14. The molecule has 9 unspecified atom stereocenters. The Morgan fingerprint density at radius 2 is 1.69 bits per heavy atom. The van der Waals surface area contributed by atoms with E-state index in [9.17, 15) is 24.6 Å². The normalized spacial score (nSPS) is 34.9. The zero-order chi connectivity index (χ0) is 42.1. The number of carboxylic acids is 1. The summed E-state index contributed by atoms with van der Waals surface area (Å²) in [7, 11) is 0. The van der Waals surface area contributed by atoms with Gasteiger partial charge in [-0.05, 0) is 116 Å². The number of ether oxygens (including phenoxy) is 1. The topological polar surface area (TPSA) is 122 Å². The summed E-state index contributed by atoms with van der Waals surface area (Å²) in [6, 6.07) is 10.5. The summed E-state index contributed by atoms with van der Waals surface area (Å²) in [6.07, 6.45) is 12.8. The van der Waals surface area contributed by atoms with Gasteiger partial charge in [0.2, 0.25) is 0 Å². The SMILES string of the molecule is CC(C)C1=C2C3CCC4C5(C)CCC(OC(=O)CC(C)(C)C(=O)O)C(C)(C)C5CCC4(C)C3(C)CCC2(C(O)CN(CCn2ccnc2)Cc2ccccc2)CC1=O. The lowest BCUT2D eigenvalue weighted by Crippen LogP contribution is -2.66. The van der Waals surface area contributed by atoms with Crippen molar-refractivity contribution in [3.63, 3.8) is 0 Å². The van der Waals surface area contributed by atoms with Gasteiger partial charge in [0.1, 0.15) is 6.10 Å². The van der Waals surface area contributed by atoms with Gasteiger partial charge in [0, 0.05) is 55.8 Å². The predicted molar refractivity (Wildman–Crippen MR) is 225 cm³/mol. The second-order valence-electron chi connectivity index (χ2n) is 21.6. The molecule has 0 spiro atoms. The maximum Gasteiger partial charge on any atom is 0.309 e. The summed E-state index contributed by atoms with van der Waals surface area (Å²) in [6.45, 7) is 22.5. The van der Waals surface area contributed by atoms with Crippen LogP contribution in [-0.4, -0.2) is 67.7 Å². The summed E-state index contributed by atoms with van der Waals surface area (Å²) in [5.41, 5.74) is 1.58. The van der Waals surface area contributed by atoms with Crippen molar-refractivity contribution in [3.8, 4) is 0 Å². The van der Waals surface area contributed by atoms with Crippen LogP contribution >= 0.6 is 0 Å². The van der Waals surface area contributed by atoms with E-state index in [-0.39, 0.29) is 51.8 Å². The molecule has 5 aliphatic rings. The molecule has 5 aliphatic carbocycles. The van der Waals surface area contributed by atoms with Crippen LogP contribution in [0, 0.1) is 56.2 Å². The number of aliphatic hydroxyl groups is 1. The number of Topliss-reactive ketones (excluding diaryl/α,β-unsaturated/α-hetero) is 1. The average Bonchev–Trinajstić information content (AvgIpc) is 3.78. The Hall–Kier alpha value is -3.30. The zero-order valence-electron chi connectivity index (χ0n) is 36.9. The highest BCUT2D eigenvalue weighted by atomic mass is 16.5. The van der Waals surface area contributed by atoms with E-state index < -0.39 is 28.9 Å². The molecule has 2 N–H and O–H groups in total. The Labute approximate surface area is 347 Å². The van der Waals surface area contributed by atoms with E-state index in [1.54, 1.807) is 13.8 Å². The van der Waals surface area contributed by atoms with Crippen LogP contribution in [0.2, 0.25) is 0 Å². The molecular formula is C49H71N3O6. The van der Waals surface area contributed by atoms with Gasteiger partial charge >= 0.3 is 11.9 Å². The van der Waals surface area contributed by atoms with Gasteiger partial charge in [-0.25, -0.2) is 4.98 Å². The summed E-state index contributed by atoms with van der Waals surface area (Å²) < 4.78 is 8.29. The first-order valence-electron chi connectivity index (χ1n) is 22.3. The third kappa shape index (κ3) is 7.02. The van der Waals surface area contributed by atoms with Crippen LogP contribution in [-0.2, 0) is 32.2 Å². The molecule has 58 heavy (non-hydrogen) atoms. The third-order valence-electron chi connectivity index (χ3n) is 17.4. The largest absolute Gasteiger partial charge is 0.481 e. The first kappa shape index (κ1) is 42.8. The molecule has 0 bridgehead atoms. The van der Waals surface area contributed by atoms with Crippen molar-refractivity contribution in [2.45, 2.75) is 152 Å². The van der Waals surface area contributed by atoms with Crippen LogP contribution in [0.3, 0.4) is 0 Å². The fraction of sp³-hybridized carbons (Fsp3) is 0.714. The molecule has 1 aromatic carbocycles. The average molecular weight is 798 g/mol. The maximum atomic E-state index is 14.4. The molecule has 4 saturated carbocycles. The van der Waals surface area contributed by atoms with Gasteiger partial charge in [0.15, 0.2) is 5.78 Å². The number of ketones is 1. The number of nitrogens with zero attached hydrogens (tertiary/aromatic N) is 3. The zero-order valence-corrected chi connectivity index (χ0v) is 36.9. The van der Waals surface area contributed by atoms with Crippen molar-refractivity contribution in [2.24, 2.45) is 56.2 Å². The molecule has 1 heterocycles. The minimum absolute atomic E-state index is 0.0335. The molecule has 1 aromatic heterocycles. The molecular weight excluding hydrogens is 727 g/mol. The van der Waals surface area contributed by atoms with Gasteiger partial charge in [-0.3, -0.25) is 19.3 Å². The first-order valence-corrected chi connectivity index (χ1v) is 22.3. The van der Waals surface area contributed by atoms with E-state index in [1.807, 2.05) is 24.8 Å².